The van der Waals surface area contributed by atoms with Crippen LogP contribution in [0.5, 0.6) is 0 Å². The molecule has 0 saturated heterocycles. The molecule has 136 valence electrons. The van der Waals surface area contributed by atoms with E-state index in [1.165, 1.54) is 0 Å². The van der Waals surface area contributed by atoms with Crippen LogP contribution in [0.2, 0.25) is 0 Å². The highest BCUT2D eigenvalue weighted by atomic mass is 16.7. The van der Waals surface area contributed by atoms with Gasteiger partial charge >= 0.3 is 0 Å². The van der Waals surface area contributed by atoms with Gasteiger partial charge in [-0.05, 0) is 27.7 Å². The molecule has 1 rings (SSSR count). The molecule has 0 N–H and O–H groups in total. The van der Waals surface area contributed by atoms with Gasteiger partial charge in [-0.3, -0.25) is 0 Å². The zero-order valence-corrected chi connectivity index (χ0v) is 15.6. The van der Waals surface area contributed by atoms with E-state index in [9.17, 15) is 0 Å². The standard InChI is InChI=1S/C18H34O5/c1-7-17(19-9-3,20-10-4)15-13-14-16(23-15)18(8-2,21-11-5)22-12-6/h13-16H,7-12H2,1-6H3. The van der Waals surface area contributed by atoms with Gasteiger partial charge in [-0.2, -0.15) is 0 Å². The van der Waals surface area contributed by atoms with Crippen LogP contribution in [-0.4, -0.2) is 50.2 Å². The molecular weight excluding hydrogens is 296 g/mol. The summed E-state index contributed by atoms with van der Waals surface area (Å²) >= 11 is 0. The quantitative estimate of drug-likeness (QED) is 0.403. The molecule has 5 nitrogen and oxygen atoms in total. The fraction of sp³-hybridized carbons (Fsp3) is 0.889. The molecule has 23 heavy (non-hydrogen) atoms. The first-order valence-corrected chi connectivity index (χ1v) is 8.97. The van der Waals surface area contributed by atoms with E-state index in [1.807, 2.05) is 53.7 Å². The molecule has 2 unspecified atom stereocenters. The van der Waals surface area contributed by atoms with E-state index in [-0.39, 0.29) is 12.2 Å². The zero-order valence-electron chi connectivity index (χ0n) is 15.6. The van der Waals surface area contributed by atoms with Crippen LogP contribution in [0.4, 0.5) is 0 Å². The molecule has 2 atom stereocenters. The lowest BCUT2D eigenvalue weighted by Crippen LogP contribution is -2.51. The molecule has 0 aliphatic carbocycles. The first-order valence-electron chi connectivity index (χ1n) is 8.97. The van der Waals surface area contributed by atoms with E-state index in [0.29, 0.717) is 39.3 Å². The van der Waals surface area contributed by atoms with Crippen LogP contribution >= 0.6 is 0 Å². The zero-order chi connectivity index (χ0) is 17.3. The molecule has 0 aromatic carbocycles. The van der Waals surface area contributed by atoms with Crippen LogP contribution < -0.4 is 0 Å². The van der Waals surface area contributed by atoms with E-state index in [4.69, 9.17) is 23.7 Å². The molecule has 0 bridgehead atoms. The van der Waals surface area contributed by atoms with Crippen molar-refractivity contribution >= 4 is 0 Å². The van der Waals surface area contributed by atoms with Gasteiger partial charge in [0.1, 0.15) is 12.2 Å². The van der Waals surface area contributed by atoms with Gasteiger partial charge in [0.15, 0.2) is 11.6 Å². The minimum atomic E-state index is -0.757. The van der Waals surface area contributed by atoms with Crippen molar-refractivity contribution in [3.05, 3.63) is 12.2 Å². The Balaban J connectivity index is 2.95. The van der Waals surface area contributed by atoms with E-state index in [1.54, 1.807) is 0 Å². The summed E-state index contributed by atoms with van der Waals surface area (Å²) in [5.74, 6) is -1.51. The van der Waals surface area contributed by atoms with E-state index >= 15 is 0 Å². The fourth-order valence-corrected chi connectivity index (χ4v) is 3.15. The Morgan fingerprint density at radius 2 is 0.957 bits per heavy atom. The highest BCUT2D eigenvalue weighted by Gasteiger charge is 2.48. The third kappa shape index (κ3) is 4.54. The van der Waals surface area contributed by atoms with Crippen LogP contribution in [-0.2, 0) is 23.7 Å². The SMILES string of the molecule is CCOC(CC)(OCC)C1C=CC(C(CC)(OCC)OCC)O1. The van der Waals surface area contributed by atoms with Gasteiger partial charge in [0.05, 0.1) is 0 Å². The lowest BCUT2D eigenvalue weighted by Gasteiger charge is -2.40. The van der Waals surface area contributed by atoms with Gasteiger partial charge in [0, 0.05) is 39.3 Å². The number of rotatable bonds is 12. The minimum absolute atomic E-state index is 0.274. The molecule has 0 saturated carbocycles. The lowest BCUT2D eigenvalue weighted by molar-refractivity contribution is -0.317. The topological polar surface area (TPSA) is 46.2 Å². The van der Waals surface area contributed by atoms with Crippen molar-refractivity contribution in [2.24, 2.45) is 0 Å². The average Bonchev–Trinajstić information content (AvgIpc) is 3.05. The molecule has 1 aliphatic heterocycles. The number of hydrogen-bond donors (Lipinski definition) is 0. The van der Waals surface area contributed by atoms with Crippen LogP contribution in [0, 0.1) is 0 Å². The summed E-state index contributed by atoms with van der Waals surface area (Å²) in [4.78, 5) is 0. The summed E-state index contributed by atoms with van der Waals surface area (Å²) in [5, 5.41) is 0. The third-order valence-electron chi connectivity index (χ3n) is 4.16. The van der Waals surface area contributed by atoms with Gasteiger partial charge in [-0.25, -0.2) is 0 Å². The van der Waals surface area contributed by atoms with Crippen LogP contribution in [0.1, 0.15) is 54.4 Å². The van der Waals surface area contributed by atoms with Gasteiger partial charge in [-0.1, -0.05) is 26.0 Å². The lowest BCUT2D eigenvalue weighted by atomic mass is 10.1. The normalized spacial score (nSPS) is 22.0. The maximum atomic E-state index is 6.27. The fourth-order valence-electron chi connectivity index (χ4n) is 3.15. The molecule has 0 amide bonds. The van der Waals surface area contributed by atoms with Crippen molar-refractivity contribution in [2.45, 2.75) is 78.2 Å². The molecule has 1 heterocycles. The molecule has 0 fully saturated rings. The Morgan fingerprint density at radius 1 is 0.652 bits per heavy atom. The average molecular weight is 330 g/mol. The molecule has 0 spiro atoms. The Hall–Kier alpha value is -0.460. The maximum Gasteiger partial charge on any atom is 0.198 e. The third-order valence-corrected chi connectivity index (χ3v) is 4.16. The first-order chi connectivity index (χ1) is 11.1. The smallest absolute Gasteiger partial charge is 0.198 e. The highest BCUT2D eigenvalue weighted by Crippen LogP contribution is 2.36. The summed E-state index contributed by atoms with van der Waals surface area (Å²) in [6.07, 6.45) is 4.90. The minimum Gasteiger partial charge on any atom is -0.356 e. The van der Waals surface area contributed by atoms with Gasteiger partial charge in [-0.15, -0.1) is 0 Å². The number of hydrogen-bond acceptors (Lipinski definition) is 5. The van der Waals surface area contributed by atoms with Crippen molar-refractivity contribution in [3.63, 3.8) is 0 Å². The van der Waals surface area contributed by atoms with Crippen molar-refractivity contribution in [1.82, 2.24) is 0 Å². The van der Waals surface area contributed by atoms with Crippen molar-refractivity contribution in [2.75, 3.05) is 26.4 Å². The second-order valence-corrected chi connectivity index (χ2v) is 5.43. The second-order valence-electron chi connectivity index (χ2n) is 5.43. The first kappa shape index (κ1) is 20.6. The summed E-state index contributed by atoms with van der Waals surface area (Å²) in [6, 6.07) is 0. The highest BCUT2D eigenvalue weighted by molar-refractivity contribution is 5.11. The van der Waals surface area contributed by atoms with Gasteiger partial charge < -0.3 is 23.7 Å². The van der Waals surface area contributed by atoms with E-state index in [0.717, 1.165) is 0 Å². The monoisotopic (exact) mass is 330 g/mol. The second kappa shape index (κ2) is 9.74. The molecule has 0 aromatic rings. The maximum absolute atomic E-state index is 6.27. The summed E-state index contributed by atoms with van der Waals surface area (Å²) < 4.78 is 30.0. The Bertz CT molecular complexity index is 311. The summed E-state index contributed by atoms with van der Waals surface area (Å²) in [6.45, 7) is 14.3. The Morgan fingerprint density at radius 3 is 1.17 bits per heavy atom. The summed E-state index contributed by atoms with van der Waals surface area (Å²) in [5.41, 5.74) is 0. The van der Waals surface area contributed by atoms with Crippen LogP contribution in [0.3, 0.4) is 0 Å². The van der Waals surface area contributed by atoms with Crippen LogP contribution in [0.15, 0.2) is 12.2 Å². The predicted octanol–water partition coefficient (Wildman–Crippen LogP) is 3.67. The molecule has 5 heteroatoms. The van der Waals surface area contributed by atoms with Crippen molar-refractivity contribution < 1.29 is 23.7 Å². The largest absolute Gasteiger partial charge is 0.356 e. The van der Waals surface area contributed by atoms with Crippen molar-refractivity contribution in [3.8, 4) is 0 Å². The molecule has 1 aliphatic rings. The van der Waals surface area contributed by atoms with Gasteiger partial charge in [0.2, 0.25) is 0 Å². The molecule has 0 aromatic heterocycles. The van der Waals surface area contributed by atoms with Crippen LogP contribution in [0.25, 0.3) is 0 Å². The Kier molecular flexibility index (Phi) is 8.72. The number of ether oxygens (including phenoxy) is 5. The van der Waals surface area contributed by atoms with E-state index in [2.05, 4.69) is 0 Å². The molecular formula is C18H34O5. The molecule has 0 radical (unpaired) electrons. The van der Waals surface area contributed by atoms with E-state index < -0.39 is 11.6 Å². The predicted molar refractivity (Wildman–Crippen MR) is 90.3 cm³/mol. The van der Waals surface area contributed by atoms with Gasteiger partial charge in [0.25, 0.3) is 0 Å². The summed E-state index contributed by atoms with van der Waals surface area (Å²) in [7, 11) is 0. The van der Waals surface area contributed by atoms with Crippen molar-refractivity contribution in [1.29, 1.82) is 0 Å². The Labute approximate surface area is 141 Å².